The number of fused-ring (bicyclic) bond motifs is 1. The molecule has 29 heavy (non-hydrogen) atoms. The lowest BCUT2D eigenvalue weighted by molar-refractivity contribution is -0.131. The molecule has 2 heterocycles. The van der Waals surface area contributed by atoms with Crippen molar-refractivity contribution in [3.05, 3.63) is 83.1 Å². The number of esters is 1. The topological polar surface area (TPSA) is 89.7 Å². The molecular formula is C22H18N2O5. The van der Waals surface area contributed by atoms with Gasteiger partial charge in [0.1, 0.15) is 17.6 Å². The van der Waals surface area contributed by atoms with Crippen molar-refractivity contribution in [3.8, 4) is 5.75 Å². The van der Waals surface area contributed by atoms with Gasteiger partial charge in [0.25, 0.3) is 11.8 Å². The SMILES string of the molecule is CC(=O)Oc1ccc(C[C@@H](c2ncc(C)o2)N2C(=O)c3ccccc3C2=O)cc1. The molecule has 7 nitrogen and oxygen atoms in total. The molecule has 0 radical (unpaired) electrons. The van der Waals surface area contributed by atoms with Crippen molar-refractivity contribution in [2.24, 2.45) is 0 Å². The van der Waals surface area contributed by atoms with Crippen LogP contribution >= 0.6 is 0 Å². The largest absolute Gasteiger partial charge is 0.444 e. The molecule has 0 aliphatic carbocycles. The molecule has 0 saturated heterocycles. The van der Waals surface area contributed by atoms with E-state index in [1.54, 1.807) is 61.7 Å². The highest BCUT2D eigenvalue weighted by Crippen LogP contribution is 2.33. The minimum Gasteiger partial charge on any atom is -0.444 e. The molecule has 1 aliphatic rings. The number of hydrogen-bond acceptors (Lipinski definition) is 6. The summed E-state index contributed by atoms with van der Waals surface area (Å²) in [4.78, 5) is 42.5. The summed E-state index contributed by atoms with van der Waals surface area (Å²) in [6.07, 6.45) is 1.87. The van der Waals surface area contributed by atoms with Crippen LogP contribution in [0, 0.1) is 6.92 Å². The number of benzene rings is 2. The Bertz CT molecular complexity index is 1070. The number of carbonyl (C=O) groups is 3. The molecule has 0 fully saturated rings. The lowest BCUT2D eigenvalue weighted by atomic mass is 10.0. The molecule has 0 unspecified atom stereocenters. The predicted octanol–water partition coefficient (Wildman–Crippen LogP) is 3.49. The number of imide groups is 1. The second kappa shape index (κ2) is 7.35. The van der Waals surface area contributed by atoms with Crippen LogP contribution in [0.4, 0.5) is 0 Å². The summed E-state index contributed by atoms with van der Waals surface area (Å²) in [5, 5.41) is 0. The van der Waals surface area contributed by atoms with Gasteiger partial charge in [-0.2, -0.15) is 0 Å². The summed E-state index contributed by atoms with van der Waals surface area (Å²) in [5.74, 6) is 0.154. The van der Waals surface area contributed by atoms with Gasteiger partial charge < -0.3 is 9.15 Å². The average Bonchev–Trinajstić information content (AvgIpc) is 3.23. The van der Waals surface area contributed by atoms with Crippen LogP contribution in [-0.2, 0) is 11.2 Å². The summed E-state index contributed by atoms with van der Waals surface area (Å²) >= 11 is 0. The Morgan fingerprint density at radius 3 is 2.21 bits per heavy atom. The number of ether oxygens (including phenoxy) is 1. The number of aromatic nitrogens is 1. The van der Waals surface area contributed by atoms with Crippen molar-refractivity contribution in [3.63, 3.8) is 0 Å². The third-order valence-corrected chi connectivity index (χ3v) is 4.68. The summed E-state index contributed by atoms with van der Waals surface area (Å²) in [7, 11) is 0. The van der Waals surface area contributed by atoms with Crippen LogP contribution in [0.15, 0.2) is 59.1 Å². The van der Waals surface area contributed by atoms with E-state index in [0.29, 0.717) is 34.9 Å². The lowest BCUT2D eigenvalue weighted by Gasteiger charge is -2.24. The van der Waals surface area contributed by atoms with E-state index in [0.717, 1.165) is 5.56 Å². The van der Waals surface area contributed by atoms with Crippen molar-refractivity contribution in [1.82, 2.24) is 9.88 Å². The van der Waals surface area contributed by atoms with Gasteiger partial charge >= 0.3 is 5.97 Å². The van der Waals surface area contributed by atoms with Crippen LogP contribution in [0.5, 0.6) is 5.75 Å². The standard InChI is InChI=1S/C22H18N2O5/c1-13-12-23-20(28-13)19(11-15-7-9-16(10-8-15)29-14(2)25)24-21(26)17-5-3-4-6-18(17)22(24)27/h3-10,12,19H,11H2,1-2H3/t19-/m0/s1. The third kappa shape index (κ3) is 3.54. The fourth-order valence-corrected chi connectivity index (χ4v) is 3.39. The van der Waals surface area contributed by atoms with E-state index in [9.17, 15) is 14.4 Å². The first kappa shape index (κ1) is 18.6. The van der Waals surface area contributed by atoms with Crippen LogP contribution in [0.25, 0.3) is 0 Å². The number of amides is 2. The van der Waals surface area contributed by atoms with Gasteiger partial charge in [-0.05, 0) is 36.8 Å². The molecule has 4 rings (SSSR count). The molecule has 1 aromatic heterocycles. The predicted molar refractivity (Wildman–Crippen MR) is 102 cm³/mol. The molecule has 0 bridgehead atoms. The molecule has 0 spiro atoms. The number of hydrogen-bond donors (Lipinski definition) is 0. The second-order valence-corrected chi connectivity index (χ2v) is 6.79. The molecule has 2 amide bonds. The van der Waals surface area contributed by atoms with Crippen LogP contribution in [-0.4, -0.2) is 27.7 Å². The van der Waals surface area contributed by atoms with Crippen LogP contribution in [0.2, 0.25) is 0 Å². The van der Waals surface area contributed by atoms with Crippen LogP contribution in [0.3, 0.4) is 0 Å². The normalized spacial score (nSPS) is 14.1. The number of rotatable bonds is 5. The van der Waals surface area contributed by atoms with Gasteiger partial charge in [0, 0.05) is 13.3 Å². The minimum atomic E-state index is -0.698. The molecule has 2 aromatic carbocycles. The van der Waals surface area contributed by atoms with Gasteiger partial charge in [-0.25, -0.2) is 4.98 Å². The van der Waals surface area contributed by atoms with E-state index >= 15 is 0 Å². The molecule has 0 N–H and O–H groups in total. The lowest BCUT2D eigenvalue weighted by Crippen LogP contribution is -2.35. The fraction of sp³-hybridized carbons (Fsp3) is 0.182. The Kier molecular flexibility index (Phi) is 4.72. The Labute approximate surface area is 166 Å². The summed E-state index contributed by atoms with van der Waals surface area (Å²) in [6, 6.07) is 12.9. The first-order chi connectivity index (χ1) is 13.9. The zero-order chi connectivity index (χ0) is 20.5. The Morgan fingerprint density at radius 2 is 1.69 bits per heavy atom. The Morgan fingerprint density at radius 1 is 1.07 bits per heavy atom. The molecule has 146 valence electrons. The van der Waals surface area contributed by atoms with Crippen molar-refractivity contribution in [2.45, 2.75) is 26.3 Å². The molecule has 0 saturated carbocycles. The molecular weight excluding hydrogens is 372 g/mol. The Hall–Kier alpha value is -3.74. The van der Waals surface area contributed by atoms with Crippen molar-refractivity contribution in [2.75, 3.05) is 0 Å². The van der Waals surface area contributed by atoms with Gasteiger partial charge in [-0.1, -0.05) is 24.3 Å². The smallest absolute Gasteiger partial charge is 0.308 e. The highest BCUT2D eigenvalue weighted by molar-refractivity contribution is 6.21. The first-order valence-electron chi connectivity index (χ1n) is 9.10. The monoisotopic (exact) mass is 390 g/mol. The average molecular weight is 390 g/mol. The molecule has 7 heteroatoms. The fourth-order valence-electron chi connectivity index (χ4n) is 3.39. The zero-order valence-electron chi connectivity index (χ0n) is 15.9. The number of nitrogens with zero attached hydrogens (tertiary/aromatic N) is 2. The van der Waals surface area contributed by atoms with Crippen molar-refractivity contribution >= 4 is 17.8 Å². The van der Waals surface area contributed by atoms with E-state index in [-0.39, 0.29) is 11.8 Å². The maximum Gasteiger partial charge on any atom is 0.308 e. The van der Waals surface area contributed by atoms with E-state index in [4.69, 9.17) is 9.15 Å². The van der Waals surface area contributed by atoms with E-state index in [2.05, 4.69) is 4.98 Å². The van der Waals surface area contributed by atoms with Gasteiger partial charge in [0.05, 0.1) is 17.3 Å². The van der Waals surface area contributed by atoms with E-state index in [1.807, 2.05) is 0 Å². The highest BCUT2D eigenvalue weighted by atomic mass is 16.5. The maximum absolute atomic E-state index is 13.0. The number of carbonyl (C=O) groups excluding carboxylic acids is 3. The van der Waals surface area contributed by atoms with Gasteiger partial charge in [-0.3, -0.25) is 19.3 Å². The molecule has 3 aromatic rings. The first-order valence-corrected chi connectivity index (χ1v) is 9.10. The van der Waals surface area contributed by atoms with Crippen molar-refractivity contribution in [1.29, 1.82) is 0 Å². The molecule has 1 atom stereocenters. The zero-order valence-corrected chi connectivity index (χ0v) is 15.9. The molecule has 1 aliphatic heterocycles. The van der Waals surface area contributed by atoms with E-state index in [1.165, 1.54) is 11.8 Å². The highest BCUT2D eigenvalue weighted by Gasteiger charge is 2.42. The summed E-state index contributed by atoms with van der Waals surface area (Å²) in [6.45, 7) is 3.08. The van der Waals surface area contributed by atoms with E-state index < -0.39 is 12.0 Å². The summed E-state index contributed by atoms with van der Waals surface area (Å²) < 4.78 is 10.7. The minimum absolute atomic E-state index is 0.293. The van der Waals surface area contributed by atoms with Crippen LogP contribution < -0.4 is 4.74 Å². The summed E-state index contributed by atoms with van der Waals surface area (Å²) in [5.41, 5.74) is 1.57. The maximum atomic E-state index is 13.0. The number of aryl methyl sites for hydroxylation is 1. The van der Waals surface area contributed by atoms with Gasteiger partial charge in [0.15, 0.2) is 0 Å². The Balaban J connectivity index is 1.68. The van der Waals surface area contributed by atoms with Gasteiger partial charge in [0.2, 0.25) is 5.89 Å². The number of oxazole rings is 1. The van der Waals surface area contributed by atoms with Crippen molar-refractivity contribution < 1.29 is 23.5 Å². The second-order valence-electron chi connectivity index (χ2n) is 6.79. The van der Waals surface area contributed by atoms with Gasteiger partial charge in [-0.15, -0.1) is 0 Å². The third-order valence-electron chi connectivity index (χ3n) is 4.68. The quantitative estimate of drug-likeness (QED) is 0.376. The van der Waals surface area contributed by atoms with Crippen LogP contribution in [0.1, 0.15) is 50.9 Å².